The van der Waals surface area contributed by atoms with Crippen molar-refractivity contribution in [2.75, 3.05) is 5.73 Å². The van der Waals surface area contributed by atoms with Crippen LogP contribution >= 0.6 is 11.3 Å². The standard InChI is InChI=1S/C9H11NO4S/c1-2-6(8(11)12)14-9(13)7-5(10)3-4-15-7/h3-4,6H,2,10H2,1H3,(H,11,12). The van der Waals surface area contributed by atoms with Crippen LogP contribution in [0.25, 0.3) is 0 Å². The van der Waals surface area contributed by atoms with Gasteiger partial charge in [0.1, 0.15) is 4.88 Å². The van der Waals surface area contributed by atoms with Crippen LogP contribution in [-0.4, -0.2) is 23.1 Å². The molecule has 1 aromatic rings. The number of carboxylic acid groups (broad SMARTS) is 1. The average Bonchev–Trinajstić information content (AvgIpc) is 2.60. The number of hydrogen-bond acceptors (Lipinski definition) is 5. The quantitative estimate of drug-likeness (QED) is 0.760. The van der Waals surface area contributed by atoms with Crippen LogP contribution in [0.4, 0.5) is 5.69 Å². The van der Waals surface area contributed by atoms with E-state index in [0.717, 1.165) is 11.3 Å². The number of carbonyl (C=O) groups excluding carboxylic acids is 1. The molecule has 0 amide bonds. The van der Waals surface area contributed by atoms with Gasteiger partial charge in [-0.15, -0.1) is 11.3 Å². The Hall–Kier alpha value is -1.56. The van der Waals surface area contributed by atoms with Crippen LogP contribution in [0.15, 0.2) is 11.4 Å². The van der Waals surface area contributed by atoms with Gasteiger partial charge >= 0.3 is 11.9 Å². The zero-order chi connectivity index (χ0) is 11.4. The van der Waals surface area contributed by atoms with E-state index in [1.807, 2.05) is 0 Å². The first-order valence-electron chi connectivity index (χ1n) is 4.33. The fourth-order valence-corrected chi connectivity index (χ4v) is 1.68. The summed E-state index contributed by atoms with van der Waals surface area (Å²) in [4.78, 5) is 22.3. The molecule has 0 aromatic carbocycles. The van der Waals surface area contributed by atoms with Crippen molar-refractivity contribution < 1.29 is 19.4 Å². The number of nitrogen functional groups attached to an aromatic ring is 1. The molecule has 0 saturated carbocycles. The lowest BCUT2D eigenvalue weighted by Gasteiger charge is -2.10. The molecule has 1 atom stereocenters. The maximum absolute atomic E-state index is 11.4. The van der Waals surface area contributed by atoms with Crippen molar-refractivity contribution in [1.29, 1.82) is 0 Å². The molecule has 0 radical (unpaired) electrons. The SMILES string of the molecule is CCC(OC(=O)c1sccc1N)C(=O)O. The number of carboxylic acids is 1. The molecule has 1 aromatic heterocycles. The smallest absolute Gasteiger partial charge is 0.351 e. The number of nitrogens with two attached hydrogens (primary N) is 1. The molecule has 6 heteroatoms. The van der Waals surface area contributed by atoms with Crippen LogP contribution in [0.2, 0.25) is 0 Å². The van der Waals surface area contributed by atoms with Gasteiger partial charge in [-0.05, 0) is 17.9 Å². The zero-order valence-electron chi connectivity index (χ0n) is 8.10. The van der Waals surface area contributed by atoms with Crippen LogP contribution in [0.1, 0.15) is 23.0 Å². The number of anilines is 1. The lowest BCUT2D eigenvalue weighted by atomic mass is 10.3. The number of aliphatic carboxylic acids is 1. The van der Waals surface area contributed by atoms with Gasteiger partial charge in [0.2, 0.25) is 0 Å². The van der Waals surface area contributed by atoms with E-state index in [1.54, 1.807) is 18.4 Å². The molecule has 0 aliphatic heterocycles. The molecule has 3 N–H and O–H groups in total. The summed E-state index contributed by atoms with van der Waals surface area (Å²) in [5.41, 5.74) is 5.81. The number of esters is 1. The Labute approximate surface area is 90.5 Å². The van der Waals surface area contributed by atoms with E-state index in [9.17, 15) is 9.59 Å². The average molecular weight is 229 g/mol. The van der Waals surface area contributed by atoms with Crippen molar-refractivity contribution in [2.45, 2.75) is 19.4 Å². The van der Waals surface area contributed by atoms with Crippen LogP contribution in [-0.2, 0) is 9.53 Å². The number of ether oxygens (including phenoxy) is 1. The number of hydrogen-bond donors (Lipinski definition) is 2. The molecule has 0 bridgehead atoms. The van der Waals surface area contributed by atoms with Crippen molar-refractivity contribution in [2.24, 2.45) is 0 Å². The van der Waals surface area contributed by atoms with E-state index in [0.29, 0.717) is 5.69 Å². The second-order valence-corrected chi connectivity index (χ2v) is 3.76. The maximum Gasteiger partial charge on any atom is 0.351 e. The van der Waals surface area contributed by atoms with Gasteiger partial charge in [-0.1, -0.05) is 6.92 Å². The Morgan fingerprint density at radius 3 is 2.73 bits per heavy atom. The van der Waals surface area contributed by atoms with Crippen LogP contribution < -0.4 is 5.73 Å². The molecule has 82 valence electrons. The summed E-state index contributed by atoms with van der Waals surface area (Å²) in [5, 5.41) is 10.3. The lowest BCUT2D eigenvalue weighted by molar-refractivity contribution is -0.147. The van der Waals surface area contributed by atoms with Crippen molar-refractivity contribution in [1.82, 2.24) is 0 Å². The highest BCUT2D eigenvalue weighted by molar-refractivity contribution is 7.12. The number of carbonyl (C=O) groups is 2. The molecule has 1 heterocycles. The second-order valence-electron chi connectivity index (χ2n) is 2.85. The highest BCUT2D eigenvalue weighted by Gasteiger charge is 2.22. The first-order valence-corrected chi connectivity index (χ1v) is 5.21. The normalized spacial score (nSPS) is 12.1. The highest BCUT2D eigenvalue weighted by Crippen LogP contribution is 2.20. The van der Waals surface area contributed by atoms with E-state index in [1.165, 1.54) is 0 Å². The first kappa shape index (κ1) is 11.5. The fourth-order valence-electron chi connectivity index (χ4n) is 0.976. The van der Waals surface area contributed by atoms with Gasteiger partial charge in [0.25, 0.3) is 0 Å². The molecular weight excluding hydrogens is 218 g/mol. The fraction of sp³-hybridized carbons (Fsp3) is 0.333. The summed E-state index contributed by atoms with van der Waals surface area (Å²) in [5.74, 6) is -1.84. The van der Waals surface area contributed by atoms with E-state index >= 15 is 0 Å². The molecule has 5 nitrogen and oxygen atoms in total. The Balaban J connectivity index is 2.71. The minimum absolute atomic E-state index is 0.229. The molecule has 1 rings (SSSR count). The summed E-state index contributed by atoms with van der Waals surface area (Å²) in [6, 6.07) is 1.57. The molecule has 0 spiro atoms. The Kier molecular flexibility index (Phi) is 3.68. The predicted octanol–water partition coefficient (Wildman–Crippen LogP) is 1.35. The van der Waals surface area contributed by atoms with Crippen LogP contribution in [0.3, 0.4) is 0 Å². The molecule has 15 heavy (non-hydrogen) atoms. The van der Waals surface area contributed by atoms with E-state index in [-0.39, 0.29) is 11.3 Å². The first-order chi connectivity index (χ1) is 7.06. The van der Waals surface area contributed by atoms with Crippen molar-refractivity contribution in [3.8, 4) is 0 Å². The van der Waals surface area contributed by atoms with Crippen molar-refractivity contribution in [3.63, 3.8) is 0 Å². The largest absolute Gasteiger partial charge is 0.479 e. The third-order valence-electron chi connectivity index (χ3n) is 1.78. The van der Waals surface area contributed by atoms with E-state index < -0.39 is 18.0 Å². The molecule has 0 fully saturated rings. The topological polar surface area (TPSA) is 89.6 Å². The van der Waals surface area contributed by atoms with Crippen molar-refractivity contribution in [3.05, 3.63) is 16.3 Å². The van der Waals surface area contributed by atoms with Gasteiger partial charge in [-0.2, -0.15) is 0 Å². The van der Waals surface area contributed by atoms with Crippen LogP contribution in [0.5, 0.6) is 0 Å². The molecule has 0 aliphatic carbocycles. The van der Waals surface area contributed by atoms with Gasteiger partial charge < -0.3 is 15.6 Å². The van der Waals surface area contributed by atoms with Gasteiger partial charge in [-0.3, -0.25) is 0 Å². The van der Waals surface area contributed by atoms with Gasteiger partial charge in [0.05, 0.1) is 5.69 Å². The van der Waals surface area contributed by atoms with E-state index in [4.69, 9.17) is 15.6 Å². The Bertz CT molecular complexity index is 374. The van der Waals surface area contributed by atoms with Gasteiger partial charge in [0.15, 0.2) is 6.10 Å². The van der Waals surface area contributed by atoms with Gasteiger partial charge in [-0.25, -0.2) is 9.59 Å². The second kappa shape index (κ2) is 4.79. The number of thiophene rings is 1. The Morgan fingerprint density at radius 1 is 1.67 bits per heavy atom. The Morgan fingerprint density at radius 2 is 2.33 bits per heavy atom. The summed E-state index contributed by atoms with van der Waals surface area (Å²) < 4.78 is 4.78. The third kappa shape index (κ3) is 2.69. The van der Waals surface area contributed by atoms with E-state index in [2.05, 4.69) is 0 Å². The molecule has 0 saturated heterocycles. The molecule has 0 aliphatic rings. The maximum atomic E-state index is 11.4. The van der Waals surface area contributed by atoms with Gasteiger partial charge in [0, 0.05) is 0 Å². The monoisotopic (exact) mass is 229 g/mol. The highest BCUT2D eigenvalue weighted by atomic mass is 32.1. The van der Waals surface area contributed by atoms with Crippen LogP contribution in [0, 0.1) is 0 Å². The summed E-state index contributed by atoms with van der Waals surface area (Å²) >= 11 is 1.13. The van der Waals surface area contributed by atoms with Crippen molar-refractivity contribution >= 4 is 29.0 Å². The lowest BCUT2D eigenvalue weighted by Crippen LogP contribution is -2.26. The summed E-state index contributed by atoms with van der Waals surface area (Å²) in [7, 11) is 0. The number of rotatable bonds is 4. The zero-order valence-corrected chi connectivity index (χ0v) is 8.91. The predicted molar refractivity (Wildman–Crippen MR) is 55.9 cm³/mol. The summed E-state index contributed by atoms with van der Waals surface area (Å²) in [6.45, 7) is 1.63. The molecule has 1 unspecified atom stereocenters. The molecular formula is C9H11NO4S. The minimum Gasteiger partial charge on any atom is -0.479 e. The third-order valence-corrected chi connectivity index (χ3v) is 2.69. The summed E-state index contributed by atoms with van der Waals surface area (Å²) in [6.07, 6.45) is -0.884. The minimum atomic E-state index is -1.15.